The third-order valence-electron chi connectivity index (χ3n) is 18.7. The Bertz CT molecular complexity index is 1090. The number of hydroxylamine groups is 1. The summed E-state index contributed by atoms with van der Waals surface area (Å²) in [6.45, 7) is 1.50. The molecule has 0 spiro atoms. The van der Waals surface area contributed by atoms with Gasteiger partial charge in [-0.25, -0.2) is 0 Å². The van der Waals surface area contributed by atoms with Crippen molar-refractivity contribution in [2.75, 3.05) is 13.2 Å². The van der Waals surface area contributed by atoms with Gasteiger partial charge < -0.3 is 15.6 Å². The van der Waals surface area contributed by atoms with Crippen molar-refractivity contribution in [1.29, 1.82) is 0 Å². The Morgan fingerprint density at radius 3 is 0.407 bits per heavy atom. The van der Waals surface area contributed by atoms with Crippen molar-refractivity contribution in [2.45, 2.75) is 469 Å². The smallest absolute Gasteiger partial charge is 0.303 e. The predicted molar refractivity (Wildman–Crippen MR) is 362 cm³/mol. The highest BCUT2D eigenvalue weighted by Crippen LogP contribution is 2.21. The van der Waals surface area contributed by atoms with E-state index < -0.39 is 5.97 Å². The van der Waals surface area contributed by atoms with Crippen molar-refractivity contribution in [3.63, 3.8) is 0 Å². The molecule has 0 radical (unpaired) electrons. The Balaban J connectivity index is 3.08. The maximum atomic E-state index is 10.5. The van der Waals surface area contributed by atoms with Gasteiger partial charge >= 0.3 is 5.97 Å². The van der Waals surface area contributed by atoms with Gasteiger partial charge in [0.2, 0.25) is 0 Å². The monoisotopic (exact) mass is 1140 g/mol. The van der Waals surface area contributed by atoms with E-state index in [1.807, 2.05) is 0 Å². The number of carboxylic acids is 1. The van der Waals surface area contributed by atoms with Crippen LogP contribution in [0.25, 0.3) is 0 Å². The van der Waals surface area contributed by atoms with Crippen LogP contribution in [0.5, 0.6) is 0 Å². The van der Waals surface area contributed by atoms with Crippen LogP contribution in [0.2, 0.25) is 0 Å². The summed E-state index contributed by atoms with van der Waals surface area (Å²) < 4.78 is 0. The Labute approximate surface area is 511 Å². The molecule has 4 N–H and O–H groups in total. The van der Waals surface area contributed by atoms with E-state index in [0.717, 1.165) is 19.4 Å². The number of nitrogens with one attached hydrogen (secondary N) is 2. The Hall–Kier alpha value is -0.650. The SMILES string of the molecule is O=C(O)CCCCCCCCCCCCCCCCCCCCCCCCCCCCCCCCCCCCCCCCCCCCCCCCCCCCCCCCCCCCCCCCCCCCCCCCCCNCNO. The summed E-state index contributed by atoms with van der Waals surface area (Å²) in [5, 5.41) is 20.4. The second kappa shape index (κ2) is 77.4. The summed E-state index contributed by atoms with van der Waals surface area (Å²) in [7, 11) is 0. The molecule has 0 aliphatic heterocycles. The summed E-state index contributed by atoms with van der Waals surface area (Å²) >= 11 is 0. The van der Waals surface area contributed by atoms with Crippen LogP contribution in [0.3, 0.4) is 0 Å². The van der Waals surface area contributed by atoms with Crippen LogP contribution in [0.4, 0.5) is 0 Å². The number of aliphatic carboxylic acids is 1. The fraction of sp³-hybridized carbons (Fsp3) is 0.987. The van der Waals surface area contributed by atoms with E-state index in [1.165, 1.54) is 449 Å². The molecule has 81 heavy (non-hydrogen) atoms. The molecule has 0 saturated carbocycles. The first-order valence-corrected chi connectivity index (χ1v) is 38.6. The van der Waals surface area contributed by atoms with Gasteiger partial charge in [0.15, 0.2) is 0 Å². The molecule has 0 fully saturated rings. The quantitative estimate of drug-likeness (QED) is 0.0277. The standard InChI is InChI=1S/C76H154N2O3/c79-76(80)73-71-69-67-65-63-61-59-57-55-53-51-49-47-45-43-41-39-37-35-33-31-29-27-25-23-21-19-17-15-13-11-9-7-5-3-1-2-4-6-8-10-12-14-16-18-20-22-24-26-28-30-32-34-36-38-40-42-44-46-48-50-52-54-56-58-60-62-64-66-68-70-72-74-77-75-78-81/h77-78,81H,1-75H2,(H,79,80). The summed E-state index contributed by atoms with van der Waals surface area (Å²) in [4.78, 5) is 10.5. The fourth-order valence-corrected chi connectivity index (χ4v) is 13.0. The van der Waals surface area contributed by atoms with Crippen LogP contribution < -0.4 is 10.8 Å². The molecule has 0 rings (SSSR count). The van der Waals surface area contributed by atoms with Crippen molar-refractivity contribution in [2.24, 2.45) is 0 Å². The van der Waals surface area contributed by atoms with Gasteiger partial charge in [-0.15, -0.1) is 0 Å². The highest BCUT2D eigenvalue weighted by molar-refractivity contribution is 5.66. The zero-order valence-electron chi connectivity index (χ0n) is 55.8. The molecule has 0 aromatic heterocycles. The lowest BCUT2D eigenvalue weighted by molar-refractivity contribution is -0.137. The molecule has 0 amide bonds. The molecular formula is C76H154N2O3. The lowest BCUT2D eigenvalue weighted by atomic mass is 10.0. The molecule has 486 valence electrons. The number of unbranched alkanes of at least 4 members (excludes halogenated alkanes) is 71. The number of rotatable bonds is 77. The molecule has 0 saturated heterocycles. The average Bonchev–Trinajstić information content (AvgIpc) is 3.47. The first-order valence-electron chi connectivity index (χ1n) is 38.6. The van der Waals surface area contributed by atoms with E-state index in [1.54, 1.807) is 0 Å². The maximum Gasteiger partial charge on any atom is 0.303 e. The largest absolute Gasteiger partial charge is 0.481 e. The van der Waals surface area contributed by atoms with Crippen LogP contribution in [-0.4, -0.2) is 29.5 Å². The second-order valence-corrected chi connectivity index (χ2v) is 26.9. The fourth-order valence-electron chi connectivity index (χ4n) is 13.0. The summed E-state index contributed by atoms with van der Waals surface area (Å²) in [6, 6.07) is 0. The maximum absolute atomic E-state index is 10.5. The van der Waals surface area contributed by atoms with Crippen molar-refractivity contribution in [1.82, 2.24) is 10.8 Å². The van der Waals surface area contributed by atoms with Gasteiger partial charge in [-0.1, -0.05) is 449 Å². The van der Waals surface area contributed by atoms with Crippen LogP contribution in [0.1, 0.15) is 469 Å². The first-order chi connectivity index (χ1) is 40.3. The van der Waals surface area contributed by atoms with Crippen LogP contribution in [0, 0.1) is 0 Å². The summed E-state index contributed by atoms with van der Waals surface area (Å²) in [6.07, 6.45) is 104. The van der Waals surface area contributed by atoms with Gasteiger partial charge in [0.05, 0.1) is 6.67 Å². The van der Waals surface area contributed by atoms with E-state index in [9.17, 15) is 4.79 Å². The number of carboxylic acid groups (broad SMARTS) is 1. The molecule has 0 atom stereocenters. The number of hydrogen-bond donors (Lipinski definition) is 4. The van der Waals surface area contributed by atoms with Crippen molar-refractivity contribution in [3.8, 4) is 0 Å². The Morgan fingerprint density at radius 2 is 0.296 bits per heavy atom. The molecule has 0 aromatic rings. The highest BCUT2D eigenvalue weighted by atomic mass is 16.5. The molecule has 0 bridgehead atoms. The summed E-state index contributed by atoms with van der Waals surface area (Å²) in [5.74, 6) is -0.646. The zero-order chi connectivity index (χ0) is 58.0. The normalized spacial score (nSPS) is 11.7. The predicted octanol–water partition coefficient (Wildman–Crippen LogP) is 27.1. The van der Waals surface area contributed by atoms with Crippen LogP contribution in [0.15, 0.2) is 0 Å². The lowest BCUT2D eigenvalue weighted by Crippen LogP contribution is -2.26. The third-order valence-corrected chi connectivity index (χ3v) is 18.7. The minimum atomic E-state index is -0.646. The van der Waals surface area contributed by atoms with Gasteiger partial charge in [-0.05, 0) is 19.4 Å². The van der Waals surface area contributed by atoms with E-state index in [0.29, 0.717) is 13.1 Å². The molecular weight excluding hydrogens is 989 g/mol. The average molecular weight is 1140 g/mol. The zero-order valence-corrected chi connectivity index (χ0v) is 55.8. The van der Waals surface area contributed by atoms with Gasteiger partial charge in [0.25, 0.3) is 0 Å². The molecule has 5 heteroatoms. The molecule has 0 aliphatic carbocycles. The number of hydrogen-bond acceptors (Lipinski definition) is 4. The lowest BCUT2D eigenvalue weighted by Gasteiger charge is -2.05. The van der Waals surface area contributed by atoms with Crippen LogP contribution in [-0.2, 0) is 4.79 Å². The molecule has 0 unspecified atom stereocenters. The molecule has 0 heterocycles. The van der Waals surface area contributed by atoms with Crippen molar-refractivity contribution in [3.05, 3.63) is 0 Å². The topological polar surface area (TPSA) is 81.6 Å². The van der Waals surface area contributed by atoms with Gasteiger partial charge in [0.1, 0.15) is 0 Å². The van der Waals surface area contributed by atoms with Crippen molar-refractivity contribution >= 4 is 5.97 Å². The number of carbonyl (C=O) groups is 1. The van der Waals surface area contributed by atoms with E-state index in [4.69, 9.17) is 10.3 Å². The summed E-state index contributed by atoms with van der Waals surface area (Å²) in [5.41, 5.74) is 2.14. The van der Waals surface area contributed by atoms with Crippen LogP contribution >= 0.6 is 0 Å². The minimum absolute atomic E-state index is 0.346. The Kier molecular flexibility index (Phi) is 76.7. The minimum Gasteiger partial charge on any atom is -0.481 e. The van der Waals surface area contributed by atoms with Gasteiger partial charge in [-0.2, -0.15) is 5.48 Å². The molecule has 5 nitrogen and oxygen atoms in total. The molecule has 0 aliphatic rings. The highest BCUT2D eigenvalue weighted by Gasteiger charge is 2.02. The van der Waals surface area contributed by atoms with Gasteiger partial charge in [-0.3, -0.25) is 4.79 Å². The third kappa shape index (κ3) is 79.3. The van der Waals surface area contributed by atoms with E-state index in [2.05, 4.69) is 10.8 Å². The van der Waals surface area contributed by atoms with E-state index >= 15 is 0 Å². The molecule has 0 aromatic carbocycles. The van der Waals surface area contributed by atoms with Gasteiger partial charge in [0, 0.05) is 6.42 Å². The Morgan fingerprint density at radius 1 is 0.185 bits per heavy atom. The first kappa shape index (κ1) is 80.3. The van der Waals surface area contributed by atoms with Crippen molar-refractivity contribution < 1.29 is 15.1 Å². The van der Waals surface area contributed by atoms with E-state index in [-0.39, 0.29) is 0 Å². The second-order valence-electron chi connectivity index (χ2n) is 26.9.